The molecule has 1 nitrogen and oxygen atoms in total. The average molecular weight is 307 g/mol. The van der Waals surface area contributed by atoms with E-state index in [0.29, 0.717) is 0 Å². The first-order valence-electron chi connectivity index (χ1n) is 6.89. The number of hydrogen-bond donors (Lipinski definition) is 1. The Balaban J connectivity index is 1.98. The standard InChI is InChI=1S/C17H19F2NS/c1-12-6-7-15(19)8-13(12)9-16(20-2)11-21-17-5-3-4-14(18)10-17/h3-8,10,16,20H,9,11H2,1-2H3. The van der Waals surface area contributed by atoms with Crippen molar-refractivity contribution in [3.05, 3.63) is 65.2 Å². The summed E-state index contributed by atoms with van der Waals surface area (Å²) in [7, 11) is 1.89. The Labute approximate surface area is 128 Å². The molecular formula is C17H19F2NS. The van der Waals surface area contributed by atoms with Gasteiger partial charge in [0.1, 0.15) is 11.6 Å². The largest absolute Gasteiger partial charge is 0.316 e. The van der Waals surface area contributed by atoms with Crippen LogP contribution in [0.4, 0.5) is 8.78 Å². The van der Waals surface area contributed by atoms with E-state index >= 15 is 0 Å². The molecule has 0 saturated heterocycles. The van der Waals surface area contributed by atoms with Crippen LogP contribution in [0.1, 0.15) is 11.1 Å². The van der Waals surface area contributed by atoms with E-state index in [1.165, 1.54) is 18.2 Å². The summed E-state index contributed by atoms with van der Waals surface area (Å²) in [5, 5.41) is 3.25. The summed E-state index contributed by atoms with van der Waals surface area (Å²) in [6, 6.07) is 11.7. The van der Waals surface area contributed by atoms with E-state index in [2.05, 4.69) is 5.32 Å². The Kier molecular flexibility index (Phi) is 5.76. The zero-order valence-corrected chi connectivity index (χ0v) is 13.0. The van der Waals surface area contributed by atoms with Crippen molar-refractivity contribution in [3.8, 4) is 0 Å². The molecule has 1 N–H and O–H groups in total. The SMILES string of the molecule is CNC(CSc1cccc(F)c1)Cc1cc(F)ccc1C. The monoisotopic (exact) mass is 307 g/mol. The topological polar surface area (TPSA) is 12.0 Å². The third-order valence-electron chi connectivity index (χ3n) is 3.43. The lowest BCUT2D eigenvalue weighted by Crippen LogP contribution is -2.30. The molecule has 0 aliphatic rings. The number of halogens is 2. The van der Waals surface area contributed by atoms with Gasteiger partial charge >= 0.3 is 0 Å². The van der Waals surface area contributed by atoms with Crippen LogP contribution in [0.15, 0.2) is 47.4 Å². The van der Waals surface area contributed by atoms with Crippen LogP contribution in [-0.2, 0) is 6.42 Å². The van der Waals surface area contributed by atoms with Crippen molar-refractivity contribution in [1.29, 1.82) is 0 Å². The second-order valence-electron chi connectivity index (χ2n) is 5.03. The highest BCUT2D eigenvalue weighted by Gasteiger charge is 2.11. The molecule has 2 rings (SSSR count). The third-order valence-corrected chi connectivity index (χ3v) is 4.59. The Hall–Kier alpha value is -1.39. The maximum Gasteiger partial charge on any atom is 0.124 e. The fraction of sp³-hybridized carbons (Fsp3) is 0.294. The van der Waals surface area contributed by atoms with Crippen molar-refractivity contribution >= 4 is 11.8 Å². The van der Waals surface area contributed by atoms with E-state index in [0.717, 1.165) is 28.2 Å². The number of benzene rings is 2. The van der Waals surface area contributed by atoms with Gasteiger partial charge in [0, 0.05) is 16.7 Å². The summed E-state index contributed by atoms with van der Waals surface area (Å²) in [5.41, 5.74) is 2.10. The molecule has 0 amide bonds. The van der Waals surface area contributed by atoms with Crippen molar-refractivity contribution in [1.82, 2.24) is 5.32 Å². The molecule has 112 valence electrons. The van der Waals surface area contributed by atoms with Gasteiger partial charge in [-0.25, -0.2) is 8.78 Å². The van der Waals surface area contributed by atoms with Gasteiger partial charge in [0.05, 0.1) is 0 Å². The zero-order chi connectivity index (χ0) is 15.2. The van der Waals surface area contributed by atoms with E-state index in [9.17, 15) is 8.78 Å². The summed E-state index contributed by atoms with van der Waals surface area (Å²) in [6.45, 7) is 1.99. The van der Waals surface area contributed by atoms with Crippen LogP contribution < -0.4 is 5.32 Å². The van der Waals surface area contributed by atoms with Gasteiger partial charge in [-0.1, -0.05) is 12.1 Å². The number of likely N-dealkylation sites (N-methyl/N-ethyl adjacent to an activating group) is 1. The summed E-state index contributed by atoms with van der Waals surface area (Å²) in [4.78, 5) is 0.909. The summed E-state index contributed by atoms with van der Waals surface area (Å²) < 4.78 is 26.5. The van der Waals surface area contributed by atoms with Crippen molar-refractivity contribution < 1.29 is 8.78 Å². The van der Waals surface area contributed by atoms with Crippen molar-refractivity contribution in [2.75, 3.05) is 12.8 Å². The minimum atomic E-state index is -0.220. The van der Waals surface area contributed by atoms with E-state index in [-0.39, 0.29) is 17.7 Å². The normalized spacial score (nSPS) is 12.4. The zero-order valence-electron chi connectivity index (χ0n) is 12.2. The van der Waals surface area contributed by atoms with Crippen molar-refractivity contribution in [2.24, 2.45) is 0 Å². The number of nitrogens with one attached hydrogen (secondary N) is 1. The molecule has 0 heterocycles. The Morgan fingerprint density at radius 3 is 2.57 bits per heavy atom. The first-order valence-corrected chi connectivity index (χ1v) is 7.87. The number of hydrogen-bond acceptors (Lipinski definition) is 2. The van der Waals surface area contributed by atoms with Gasteiger partial charge in [-0.3, -0.25) is 0 Å². The highest BCUT2D eigenvalue weighted by Crippen LogP contribution is 2.21. The second-order valence-corrected chi connectivity index (χ2v) is 6.12. The molecule has 0 aromatic heterocycles. The van der Waals surface area contributed by atoms with Gasteiger partial charge in [-0.05, 0) is 61.9 Å². The lowest BCUT2D eigenvalue weighted by molar-refractivity contribution is 0.600. The molecular weight excluding hydrogens is 288 g/mol. The second kappa shape index (κ2) is 7.57. The first kappa shape index (κ1) is 16.0. The summed E-state index contributed by atoms with van der Waals surface area (Å²) >= 11 is 1.60. The highest BCUT2D eigenvalue weighted by atomic mass is 32.2. The first-order chi connectivity index (χ1) is 10.1. The summed E-state index contributed by atoms with van der Waals surface area (Å²) in [6.07, 6.45) is 0.752. The van der Waals surface area contributed by atoms with Crippen molar-refractivity contribution in [3.63, 3.8) is 0 Å². The van der Waals surface area contributed by atoms with Crippen LogP contribution >= 0.6 is 11.8 Å². The van der Waals surface area contributed by atoms with Gasteiger partial charge in [-0.2, -0.15) is 0 Å². The Morgan fingerprint density at radius 2 is 1.86 bits per heavy atom. The van der Waals surface area contributed by atoms with Crippen LogP contribution in [0.2, 0.25) is 0 Å². The summed E-state index contributed by atoms with van der Waals surface area (Å²) in [5.74, 6) is 0.376. The van der Waals surface area contributed by atoms with Gasteiger partial charge < -0.3 is 5.32 Å². The molecule has 4 heteroatoms. The highest BCUT2D eigenvalue weighted by molar-refractivity contribution is 7.99. The van der Waals surface area contributed by atoms with E-state index in [1.807, 2.05) is 20.0 Å². The molecule has 1 unspecified atom stereocenters. The molecule has 21 heavy (non-hydrogen) atoms. The maximum atomic E-state index is 13.3. The maximum absolute atomic E-state index is 13.3. The fourth-order valence-corrected chi connectivity index (χ4v) is 3.17. The smallest absolute Gasteiger partial charge is 0.124 e. The van der Waals surface area contributed by atoms with Gasteiger partial charge in [0.15, 0.2) is 0 Å². The van der Waals surface area contributed by atoms with E-state index < -0.39 is 0 Å². The number of aryl methyl sites for hydroxylation is 1. The number of rotatable bonds is 6. The number of thioether (sulfide) groups is 1. The van der Waals surface area contributed by atoms with Crippen LogP contribution in [0, 0.1) is 18.6 Å². The lowest BCUT2D eigenvalue weighted by Gasteiger charge is -2.17. The lowest BCUT2D eigenvalue weighted by atomic mass is 10.0. The molecule has 0 spiro atoms. The molecule has 0 bridgehead atoms. The van der Waals surface area contributed by atoms with Crippen LogP contribution in [-0.4, -0.2) is 18.8 Å². The minimum Gasteiger partial charge on any atom is -0.316 e. The molecule has 0 fully saturated rings. The van der Waals surface area contributed by atoms with Gasteiger partial charge in [0.25, 0.3) is 0 Å². The molecule has 2 aromatic rings. The average Bonchev–Trinajstić information content (AvgIpc) is 2.47. The molecule has 0 saturated carbocycles. The van der Waals surface area contributed by atoms with Gasteiger partial charge in [-0.15, -0.1) is 11.8 Å². The minimum absolute atomic E-state index is 0.205. The van der Waals surface area contributed by atoms with Crippen molar-refractivity contribution in [2.45, 2.75) is 24.3 Å². The fourth-order valence-electron chi connectivity index (χ4n) is 2.12. The van der Waals surface area contributed by atoms with Crippen LogP contribution in [0.5, 0.6) is 0 Å². The Bertz CT molecular complexity index is 601. The quantitative estimate of drug-likeness (QED) is 0.803. The van der Waals surface area contributed by atoms with E-state index in [1.54, 1.807) is 30.0 Å². The van der Waals surface area contributed by atoms with Crippen LogP contribution in [0.25, 0.3) is 0 Å². The van der Waals surface area contributed by atoms with E-state index in [4.69, 9.17) is 0 Å². The van der Waals surface area contributed by atoms with Crippen LogP contribution in [0.3, 0.4) is 0 Å². The molecule has 1 atom stereocenters. The third kappa shape index (κ3) is 4.83. The molecule has 0 aliphatic carbocycles. The molecule has 2 aromatic carbocycles. The molecule has 0 radical (unpaired) electrons. The predicted octanol–water partition coefficient (Wildman–Crippen LogP) is 4.20. The molecule has 0 aliphatic heterocycles. The predicted molar refractivity (Wildman–Crippen MR) is 84.8 cm³/mol. The Morgan fingerprint density at radius 1 is 1.10 bits per heavy atom. The van der Waals surface area contributed by atoms with Gasteiger partial charge in [0.2, 0.25) is 0 Å².